The Morgan fingerprint density at radius 3 is 2.18 bits per heavy atom. The second-order valence-electron chi connectivity index (χ2n) is 8.81. The Bertz CT molecular complexity index is 1510. The van der Waals surface area contributed by atoms with E-state index in [4.69, 9.17) is 4.74 Å². The Morgan fingerprint density at radius 1 is 0.921 bits per heavy atom. The van der Waals surface area contributed by atoms with Crippen molar-refractivity contribution in [1.82, 2.24) is 15.0 Å². The molecule has 1 aliphatic heterocycles. The molecule has 0 saturated carbocycles. The maximum absolute atomic E-state index is 15.3. The molecule has 200 valence electrons. The Balaban J connectivity index is 1.78. The predicted octanol–water partition coefficient (Wildman–Crippen LogP) is 6.74. The minimum atomic E-state index is -5.22. The highest BCUT2D eigenvalue weighted by Gasteiger charge is 2.42. The maximum atomic E-state index is 15.3. The number of methoxy groups -OCH3 is 1. The van der Waals surface area contributed by atoms with Crippen LogP contribution < -0.4 is 9.64 Å². The van der Waals surface area contributed by atoms with Crippen LogP contribution in [0.25, 0.3) is 10.9 Å². The summed E-state index contributed by atoms with van der Waals surface area (Å²) >= 11 is 0. The van der Waals surface area contributed by atoms with Crippen LogP contribution in [-0.2, 0) is 18.8 Å². The molecule has 0 fully saturated rings. The number of nitrogens with zero attached hydrogens (tertiary/aromatic N) is 3. The van der Waals surface area contributed by atoms with Gasteiger partial charge < -0.3 is 14.6 Å². The number of aromatic amines is 1. The molecule has 2 aromatic heterocycles. The molecule has 0 spiro atoms. The zero-order valence-electron chi connectivity index (χ0n) is 19.7. The molecule has 0 radical (unpaired) electrons. The largest absolute Gasteiger partial charge is 0.497 e. The molecule has 0 aliphatic carbocycles. The van der Waals surface area contributed by atoms with E-state index in [1.807, 2.05) is 0 Å². The van der Waals surface area contributed by atoms with Crippen molar-refractivity contribution in [1.29, 1.82) is 0 Å². The van der Waals surface area contributed by atoms with E-state index in [2.05, 4.69) is 15.0 Å². The zero-order chi connectivity index (χ0) is 27.6. The number of rotatable bonds is 3. The Hall–Kier alpha value is -3.90. The molecular weight excluding hydrogens is 524 g/mol. The molecule has 1 aliphatic rings. The molecule has 0 saturated heterocycles. The van der Waals surface area contributed by atoms with E-state index in [9.17, 15) is 30.7 Å². The van der Waals surface area contributed by atoms with E-state index < -0.39 is 47.4 Å². The zero-order valence-corrected chi connectivity index (χ0v) is 19.7. The fourth-order valence-corrected chi connectivity index (χ4v) is 4.66. The maximum Gasteiger partial charge on any atom is 0.433 e. The Labute approximate surface area is 210 Å². The standard InChI is InChI=1S/C25H18F8N4O/c1-11-3-5-14(20(27)19(11)26)22-21-13(15-9-12(38-2)4-6-16(15)34-21)7-8-37(22)23-35-17(24(28,29)30)10-18(36-23)25(31,32)33/h3-6,9-10,22,34H,7-8H2,1-2H3/t22-/m0/s1. The second kappa shape index (κ2) is 8.84. The van der Waals surface area contributed by atoms with Crippen LogP contribution in [0.3, 0.4) is 0 Å². The minimum Gasteiger partial charge on any atom is -0.497 e. The third-order valence-electron chi connectivity index (χ3n) is 6.49. The third kappa shape index (κ3) is 4.29. The lowest BCUT2D eigenvalue weighted by molar-refractivity contribution is -0.147. The van der Waals surface area contributed by atoms with Gasteiger partial charge in [-0.2, -0.15) is 26.3 Å². The van der Waals surface area contributed by atoms with Gasteiger partial charge in [-0.15, -0.1) is 0 Å². The highest BCUT2D eigenvalue weighted by atomic mass is 19.4. The molecule has 0 unspecified atom stereocenters. The number of benzene rings is 2. The Kier molecular flexibility index (Phi) is 5.99. The van der Waals surface area contributed by atoms with Gasteiger partial charge in [0.2, 0.25) is 5.95 Å². The smallest absolute Gasteiger partial charge is 0.433 e. The second-order valence-corrected chi connectivity index (χ2v) is 8.81. The van der Waals surface area contributed by atoms with Crippen molar-refractivity contribution in [3.8, 4) is 5.75 Å². The fraction of sp³-hybridized carbons (Fsp3) is 0.280. The molecule has 3 heterocycles. The van der Waals surface area contributed by atoms with Crippen LogP contribution in [0, 0.1) is 18.6 Å². The van der Waals surface area contributed by atoms with Gasteiger partial charge >= 0.3 is 12.4 Å². The summed E-state index contributed by atoms with van der Waals surface area (Å²) in [7, 11) is 1.46. The van der Waals surface area contributed by atoms with Crippen molar-refractivity contribution >= 4 is 16.9 Å². The van der Waals surface area contributed by atoms with Gasteiger partial charge in [-0.3, -0.25) is 0 Å². The van der Waals surface area contributed by atoms with Crippen LogP contribution in [0.1, 0.15) is 39.8 Å². The number of nitrogens with one attached hydrogen (secondary N) is 1. The van der Waals surface area contributed by atoms with Crippen molar-refractivity contribution in [2.45, 2.75) is 31.7 Å². The van der Waals surface area contributed by atoms with E-state index in [0.717, 1.165) is 4.90 Å². The molecule has 0 bridgehead atoms. The number of aromatic nitrogens is 3. The Morgan fingerprint density at radius 2 is 1.58 bits per heavy atom. The monoisotopic (exact) mass is 542 g/mol. The number of aryl methyl sites for hydroxylation is 1. The number of hydrogen-bond donors (Lipinski definition) is 1. The summed E-state index contributed by atoms with van der Waals surface area (Å²) in [5, 5.41) is 0.665. The van der Waals surface area contributed by atoms with Crippen LogP contribution in [0.4, 0.5) is 41.1 Å². The highest BCUT2D eigenvalue weighted by Crippen LogP contribution is 2.43. The summed E-state index contributed by atoms with van der Waals surface area (Å²) in [4.78, 5) is 10.9. The van der Waals surface area contributed by atoms with E-state index in [-0.39, 0.29) is 35.9 Å². The predicted molar refractivity (Wildman–Crippen MR) is 121 cm³/mol. The number of ether oxygens (including phenoxy) is 1. The van der Waals surface area contributed by atoms with Crippen molar-refractivity contribution in [2.24, 2.45) is 0 Å². The molecule has 1 N–H and O–H groups in total. The number of anilines is 1. The first kappa shape index (κ1) is 25.7. The van der Waals surface area contributed by atoms with E-state index >= 15 is 4.39 Å². The van der Waals surface area contributed by atoms with Crippen LogP contribution in [-0.4, -0.2) is 28.6 Å². The SMILES string of the molecule is COc1ccc2[nH]c3c(c2c1)CCN(c1nc(C(F)(F)F)cc(C(F)(F)F)n1)[C@H]3c1ccc(C)c(F)c1F. The van der Waals surface area contributed by atoms with Gasteiger partial charge in [0.15, 0.2) is 23.0 Å². The number of hydrogen-bond acceptors (Lipinski definition) is 4. The van der Waals surface area contributed by atoms with Crippen molar-refractivity contribution in [3.63, 3.8) is 0 Å². The lowest BCUT2D eigenvalue weighted by Gasteiger charge is -2.37. The average Bonchev–Trinajstić information content (AvgIpc) is 3.23. The summed E-state index contributed by atoms with van der Waals surface area (Å²) in [6.45, 7) is 1.14. The van der Waals surface area contributed by atoms with Crippen molar-refractivity contribution in [3.05, 3.63) is 81.8 Å². The summed E-state index contributed by atoms with van der Waals surface area (Å²) in [5.74, 6) is -2.89. The molecule has 0 amide bonds. The van der Waals surface area contributed by atoms with E-state index in [0.29, 0.717) is 22.2 Å². The topological polar surface area (TPSA) is 54.0 Å². The summed E-state index contributed by atoms with van der Waals surface area (Å²) in [6.07, 6.45) is -10.3. The molecular formula is C25H18F8N4O. The van der Waals surface area contributed by atoms with Gasteiger partial charge in [-0.05, 0) is 48.7 Å². The first-order valence-electron chi connectivity index (χ1n) is 11.2. The van der Waals surface area contributed by atoms with Crippen LogP contribution in [0.5, 0.6) is 5.75 Å². The lowest BCUT2D eigenvalue weighted by Crippen LogP contribution is -2.38. The van der Waals surface area contributed by atoms with Gasteiger partial charge in [0.1, 0.15) is 11.8 Å². The summed E-state index contributed by atoms with van der Waals surface area (Å²) in [6, 6.07) is 5.99. The molecule has 2 aromatic carbocycles. The lowest BCUT2D eigenvalue weighted by atomic mass is 9.91. The molecule has 5 nitrogen and oxygen atoms in total. The van der Waals surface area contributed by atoms with Gasteiger partial charge in [0.25, 0.3) is 0 Å². The van der Waals surface area contributed by atoms with Crippen molar-refractivity contribution < 1.29 is 39.9 Å². The number of halogens is 8. The molecule has 13 heteroatoms. The minimum absolute atomic E-state index is 0.0232. The summed E-state index contributed by atoms with van der Waals surface area (Å²) in [5.41, 5.74) is -2.49. The third-order valence-corrected chi connectivity index (χ3v) is 6.49. The molecule has 1 atom stereocenters. The number of alkyl halides is 6. The summed E-state index contributed by atoms with van der Waals surface area (Å²) < 4.78 is 116. The van der Waals surface area contributed by atoms with Crippen LogP contribution >= 0.6 is 0 Å². The van der Waals surface area contributed by atoms with Gasteiger partial charge in [0.05, 0.1) is 7.11 Å². The van der Waals surface area contributed by atoms with Gasteiger partial charge in [-0.25, -0.2) is 18.7 Å². The van der Waals surface area contributed by atoms with E-state index in [1.54, 1.807) is 18.2 Å². The average molecular weight is 542 g/mol. The molecule has 5 rings (SSSR count). The van der Waals surface area contributed by atoms with Crippen LogP contribution in [0.15, 0.2) is 36.4 Å². The van der Waals surface area contributed by atoms with Gasteiger partial charge in [0, 0.05) is 28.7 Å². The quantitative estimate of drug-likeness (QED) is 0.292. The highest BCUT2D eigenvalue weighted by molar-refractivity contribution is 5.87. The van der Waals surface area contributed by atoms with E-state index in [1.165, 1.54) is 26.2 Å². The normalized spacial score (nSPS) is 16.2. The molecule has 4 aromatic rings. The fourth-order valence-electron chi connectivity index (χ4n) is 4.66. The first-order chi connectivity index (χ1) is 17.8. The van der Waals surface area contributed by atoms with Gasteiger partial charge in [-0.1, -0.05) is 12.1 Å². The molecule has 38 heavy (non-hydrogen) atoms. The number of H-pyrrole nitrogens is 1. The van der Waals surface area contributed by atoms with Crippen molar-refractivity contribution in [2.75, 3.05) is 18.6 Å². The number of fused-ring (bicyclic) bond motifs is 3. The van der Waals surface area contributed by atoms with Crippen LogP contribution in [0.2, 0.25) is 0 Å². The first-order valence-corrected chi connectivity index (χ1v) is 11.2.